The van der Waals surface area contributed by atoms with Crippen molar-refractivity contribution in [2.45, 2.75) is 6.42 Å². The van der Waals surface area contributed by atoms with Gasteiger partial charge in [0.05, 0.1) is 16.1 Å². The van der Waals surface area contributed by atoms with Crippen molar-refractivity contribution in [2.24, 2.45) is 0 Å². The molecule has 2 rings (SSSR count). The number of rotatable bonds is 5. The fourth-order valence-corrected chi connectivity index (χ4v) is 2.10. The maximum absolute atomic E-state index is 11.9. The molecule has 0 aromatic heterocycles. The molecule has 0 aliphatic heterocycles. The van der Waals surface area contributed by atoms with Crippen LogP contribution in [0.15, 0.2) is 48.5 Å². The minimum atomic E-state index is -0.950. The molecule has 0 unspecified atom stereocenters. The summed E-state index contributed by atoms with van der Waals surface area (Å²) in [5.74, 6) is -1.17. The predicted octanol–water partition coefficient (Wildman–Crippen LogP) is 3.01. The van der Waals surface area contributed by atoms with Gasteiger partial charge in [0.15, 0.2) is 0 Å². The molecule has 4 nitrogen and oxygen atoms in total. The van der Waals surface area contributed by atoms with Crippen molar-refractivity contribution in [3.63, 3.8) is 0 Å². The van der Waals surface area contributed by atoms with Crippen molar-refractivity contribution >= 4 is 23.5 Å². The number of hydrogen-bond donors (Lipinski definition) is 2. The van der Waals surface area contributed by atoms with Crippen molar-refractivity contribution in [1.29, 1.82) is 0 Å². The van der Waals surface area contributed by atoms with Crippen LogP contribution in [-0.4, -0.2) is 23.5 Å². The van der Waals surface area contributed by atoms with Gasteiger partial charge < -0.3 is 10.4 Å². The van der Waals surface area contributed by atoms with E-state index in [1.165, 1.54) is 0 Å². The maximum Gasteiger partial charge on any atom is 0.335 e. The van der Waals surface area contributed by atoms with Gasteiger partial charge in [0, 0.05) is 6.54 Å². The summed E-state index contributed by atoms with van der Waals surface area (Å²) in [6.45, 7) is 0.455. The molecule has 0 spiro atoms. The second-order valence-corrected chi connectivity index (χ2v) is 4.90. The lowest BCUT2D eigenvalue weighted by Crippen LogP contribution is -2.25. The Balaban J connectivity index is 1.88. The number of nitrogens with one attached hydrogen (secondary N) is 1. The third-order valence-corrected chi connectivity index (χ3v) is 3.35. The zero-order valence-electron chi connectivity index (χ0n) is 11.2. The molecule has 0 aliphatic carbocycles. The van der Waals surface area contributed by atoms with E-state index in [1.807, 2.05) is 0 Å². The van der Waals surface area contributed by atoms with E-state index in [0.29, 0.717) is 23.6 Å². The average molecular weight is 304 g/mol. The Morgan fingerprint density at radius 1 is 1.05 bits per heavy atom. The minimum absolute atomic E-state index is 0.220. The molecule has 21 heavy (non-hydrogen) atoms. The normalized spacial score (nSPS) is 10.1. The van der Waals surface area contributed by atoms with Gasteiger partial charge in [-0.2, -0.15) is 0 Å². The summed E-state index contributed by atoms with van der Waals surface area (Å²) in [7, 11) is 0. The zero-order valence-corrected chi connectivity index (χ0v) is 11.9. The summed E-state index contributed by atoms with van der Waals surface area (Å²) < 4.78 is 0. The lowest BCUT2D eigenvalue weighted by atomic mass is 10.1. The number of carboxylic acid groups (broad SMARTS) is 1. The van der Waals surface area contributed by atoms with Crippen LogP contribution in [0.1, 0.15) is 26.3 Å². The Bertz CT molecular complexity index is 653. The number of aromatic carboxylic acids is 1. The second-order valence-electron chi connectivity index (χ2n) is 4.49. The first-order valence-electron chi connectivity index (χ1n) is 6.43. The number of amides is 1. The fraction of sp³-hybridized carbons (Fsp3) is 0.125. The molecule has 0 saturated carbocycles. The SMILES string of the molecule is O=C(O)c1ccc(CCNC(=O)c2ccccc2Cl)cc1. The van der Waals surface area contributed by atoms with E-state index in [2.05, 4.69) is 5.32 Å². The lowest BCUT2D eigenvalue weighted by molar-refractivity contribution is 0.0696. The Hall–Kier alpha value is -2.33. The van der Waals surface area contributed by atoms with Crippen molar-refractivity contribution in [3.05, 3.63) is 70.2 Å². The summed E-state index contributed by atoms with van der Waals surface area (Å²) in [5, 5.41) is 12.0. The number of hydrogen-bond acceptors (Lipinski definition) is 2. The first-order valence-corrected chi connectivity index (χ1v) is 6.80. The van der Waals surface area contributed by atoms with E-state index < -0.39 is 5.97 Å². The topological polar surface area (TPSA) is 66.4 Å². The highest BCUT2D eigenvalue weighted by atomic mass is 35.5. The largest absolute Gasteiger partial charge is 0.478 e. The van der Waals surface area contributed by atoms with Crippen LogP contribution in [0, 0.1) is 0 Å². The van der Waals surface area contributed by atoms with Crippen LogP contribution in [0.4, 0.5) is 0 Å². The lowest BCUT2D eigenvalue weighted by Gasteiger charge is -2.07. The molecule has 0 radical (unpaired) electrons. The average Bonchev–Trinajstić information content (AvgIpc) is 2.48. The Labute approximate surface area is 127 Å². The highest BCUT2D eigenvalue weighted by Gasteiger charge is 2.08. The molecule has 5 heteroatoms. The standard InChI is InChI=1S/C16H14ClNO3/c17-14-4-2-1-3-13(14)15(19)18-10-9-11-5-7-12(8-6-11)16(20)21/h1-8H,9-10H2,(H,18,19)(H,20,21). The molecule has 0 fully saturated rings. The van der Waals surface area contributed by atoms with Gasteiger partial charge in [-0.05, 0) is 36.2 Å². The molecule has 0 saturated heterocycles. The van der Waals surface area contributed by atoms with Crippen LogP contribution >= 0.6 is 11.6 Å². The number of carbonyl (C=O) groups is 2. The molecule has 2 aromatic rings. The molecular formula is C16H14ClNO3. The number of halogens is 1. The molecule has 0 atom stereocenters. The third kappa shape index (κ3) is 4.07. The van der Waals surface area contributed by atoms with Gasteiger partial charge in [-0.25, -0.2) is 4.79 Å². The molecular weight excluding hydrogens is 290 g/mol. The minimum Gasteiger partial charge on any atom is -0.478 e. The molecule has 2 aromatic carbocycles. The van der Waals surface area contributed by atoms with E-state index in [9.17, 15) is 9.59 Å². The molecule has 0 aliphatic rings. The van der Waals surface area contributed by atoms with Gasteiger partial charge in [0.1, 0.15) is 0 Å². The van der Waals surface area contributed by atoms with Crippen LogP contribution in [0.3, 0.4) is 0 Å². The van der Waals surface area contributed by atoms with Crippen LogP contribution in [0.5, 0.6) is 0 Å². The van der Waals surface area contributed by atoms with Crippen molar-refractivity contribution in [1.82, 2.24) is 5.32 Å². The Morgan fingerprint density at radius 3 is 2.33 bits per heavy atom. The van der Waals surface area contributed by atoms with Crippen molar-refractivity contribution in [2.75, 3.05) is 6.54 Å². The number of carbonyl (C=O) groups excluding carboxylic acids is 1. The van der Waals surface area contributed by atoms with E-state index >= 15 is 0 Å². The molecule has 0 heterocycles. The fourth-order valence-electron chi connectivity index (χ4n) is 1.87. The summed E-state index contributed by atoms with van der Waals surface area (Å²) in [4.78, 5) is 22.7. The second kappa shape index (κ2) is 6.90. The molecule has 0 bridgehead atoms. The quantitative estimate of drug-likeness (QED) is 0.892. The first-order chi connectivity index (χ1) is 10.1. The van der Waals surface area contributed by atoms with Gasteiger partial charge in [0.2, 0.25) is 0 Å². The van der Waals surface area contributed by atoms with Gasteiger partial charge in [-0.1, -0.05) is 35.9 Å². The van der Waals surface area contributed by atoms with Crippen molar-refractivity contribution < 1.29 is 14.7 Å². The van der Waals surface area contributed by atoms with Crippen LogP contribution in [0.25, 0.3) is 0 Å². The van der Waals surface area contributed by atoms with Crippen LogP contribution in [-0.2, 0) is 6.42 Å². The predicted molar refractivity (Wildman–Crippen MR) is 80.9 cm³/mol. The van der Waals surface area contributed by atoms with Crippen molar-refractivity contribution in [3.8, 4) is 0 Å². The van der Waals surface area contributed by atoms with Gasteiger partial charge in [-0.3, -0.25) is 4.79 Å². The van der Waals surface area contributed by atoms with E-state index in [-0.39, 0.29) is 11.5 Å². The summed E-state index contributed by atoms with van der Waals surface area (Å²) in [5.41, 5.74) is 1.65. The third-order valence-electron chi connectivity index (χ3n) is 3.02. The Morgan fingerprint density at radius 2 is 1.71 bits per heavy atom. The summed E-state index contributed by atoms with van der Waals surface area (Å²) in [6.07, 6.45) is 0.621. The highest BCUT2D eigenvalue weighted by molar-refractivity contribution is 6.33. The first kappa shape index (κ1) is 15.1. The smallest absolute Gasteiger partial charge is 0.335 e. The van der Waals surface area contributed by atoms with E-state index in [1.54, 1.807) is 48.5 Å². The number of benzene rings is 2. The van der Waals surface area contributed by atoms with E-state index in [4.69, 9.17) is 16.7 Å². The summed E-state index contributed by atoms with van der Waals surface area (Å²) >= 11 is 5.95. The number of carboxylic acids is 1. The van der Waals surface area contributed by atoms with Crippen LogP contribution in [0.2, 0.25) is 5.02 Å². The Kier molecular flexibility index (Phi) is 4.95. The van der Waals surface area contributed by atoms with Crippen LogP contribution < -0.4 is 5.32 Å². The monoisotopic (exact) mass is 303 g/mol. The molecule has 108 valence electrons. The van der Waals surface area contributed by atoms with E-state index in [0.717, 1.165) is 5.56 Å². The van der Waals surface area contributed by atoms with Gasteiger partial charge >= 0.3 is 5.97 Å². The molecule has 2 N–H and O–H groups in total. The van der Waals surface area contributed by atoms with Gasteiger partial charge in [-0.15, -0.1) is 0 Å². The highest BCUT2D eigenvalue weighted by Crippen LogP contribution is 2.14. The molecule has 1 amide bonds. The maximum atomic E-state index is 11.9. The summed E-state index contributed by atoms with van der Waals surface area (Å²) in [6, 6.07) is 13.4. The van der Waals surface area contributed by atoms with Gasteiger partial charge in [0.25, 0.3) is 5.91 Å². The zero-order chi connectivity index (χ0) is 15.2.